The van der Waals surface area contributed by atoms with Crippen molar-refractivity contribution in [1.29, 1.82) is 0 Å². The highest BCUT2D eigenvalue weighted by Crippen LogP contribution is 2.20. The first-order chi connectivity index (χ1) is 14.2. The van der Waals surface area contributed by atoms with Crippen molar-refractivity contribution in [3.8, 4) is 5.75 Å². The molecule has 0 radical (unpaired) electrons. The third-order valence-electron chi connectivity index (χ3n) is 4.33. The van der Waals surface area contributed by atoms with Crippen LogP contribution in [0.2, 0.25) is 0 Å². The van der Waals surface area contributed by atoms with Crippen LogP contribution in [-0.4, -0.2) is 45.9 Å². The smallest absolute Gasteiger partial charge is 0.191 e. The third kappa shape index (κ3) is 8.87. The Morgan fingerprint density at radius 1 is 1.00 bits per heavy atom. The van der Waals surface area contributed by atoms with E-state index in [1.165, 1.54) is 5.56 Å². The van der Waals surface area contributed by atoms with Crippen LogP contribution in [0.3, 0.4) is 0 Å². The van der Waals surface area contributed by atoms with Crippen molar-refractivity contribution in [3.63, 3.8) is 0 Å². The van der Waals surface area contributed by atoms with Gasteiger partial charge in [-0.1, -0.05) is 30.3 Å². The van der Waals surface area contributed by atoms with Gasteiger partial charge in [-0.3, -0.25) is 4.99 Å². The first kappa shape index (κ1) is 22.6. The number of guanidine groups is 1. The Hall–Kier alpha value is -2.73. The lowest BCUT2D eigenvalue weighted by Gasteiger charge is -2.16. The summed E-state index contributed by atoms with van der Waals surface area (Å²) in [5, 5.41) is 10.1. The molecule has 2 rings (SSSR count). The van der Waals surface area contributed by atoms with E-state index >= 15 is 0 Å². The minimum absolute atomic E-state index is 0.547. The Morgan fingerprint density at radius 2 is 1.83 bits per heavy atom. The standard InChI is InChI=1S/C23H34N4O2/c1-4-28-15-16-29-22-17-19(2)11-12-20(22)18-27-23(24-3)26-14-8-13-25-21-9-6-5-7-10-21/h5-7,9-12,17,25H,4,8,13-16,18H2,1-3H3,(H2,24,26,27). The third-order valence-corrected chi connectivity index (χ3v) is 4.33. The molecule has 0 heterocycles. The average Bonchev–Trinajstić information content (AvgIpc) is 2.75. The van der Waals surface area contributed by atoms with Crippen molar-refractivity contribution in [2.24, 2.45) is 4.99 Å². The largest absolute Gasteiger partial charge is 0.491 e. The lowest BCUT2D eigenvalue weighted by molar-refractivity contribution is 0.110. The SMILES string of the molecule is CCOCCOc1cc(C)ccc1CNC(=NC)NCCCNc1ccccc1. The summed E-state index contributed by atoms with van der Waals surface area (Å²) in [6.07, 6.45) is 0.992. The molecule has 0 spiro atoms. The second-order valence-electron chi connectivity index (χ2n) is 6.66. The van der Waals surface area contributed by atoms with Crippen LogP contribution < -0.4 is 20.7 Å². The Balaban J connectivity index is 1.73. The summed E-state index contributed by atoms with van der Waals surface area (Å²) in [5.74, 6) is 1.67. The van der Waals surface area contributed by atoms with Gasteiger partial charge >= 0.3 is 0 Å². The first-order valence-corrected chi connectivity index (χ1v) is 10.3. The number of aliphatic imine (C=N–C) groups is 1. The molecule has 0 saturated carbocycles. The maximum absolute atomic E-state index is 5.91. The fourth-order valence-electron chi connectivity index (χ4n) is 2.78. The van der Waals surface area contributed by atoms with Crippen molar-refractivity contribution in [2.45, 2.75) is 26.8 Å². The van der Waals surface area contributed by atoms with Gasteiger partial charge in [0, 0.05) is 44.5 Å². The first-order valence-electron chi connectivity index (χ1n) is 10.3. The molecular formula is C23H34N4O2. The zero-order chi connectivity index (χ0) is 20.7. The van der Waals surface area contributed by atoms with Gasteiger partial charge < -0.3 is 25.4 Å². The number of para-hydroxylation sites is 1. The molecule has 0 aliphatic rings. The van der Waals surface area contributed by atoms with Gasteiger partial charge in [0.2, 0.25) is 0 Å². The van der Waals surface area contributed by atoms with E-state index in [1.807, 2.05) is 25.1 Å². The monoisotopic (exact) mass is 398 g/mol. The fraction of sp³-hybridized carbons (Fsp3) is 0.435. The van der Waals surface area contributed by atoms with Gasteiger partial charge in [0.1, 0.15) is 12.4 Å². The summed E-state index contributed by atoms with van der Waals surface area (Å²) >= 11 is 0. The van der Waals surface area contributed by atoms with Gasteiger partial charge in [0.15, 0.2) is 5.96 Å². The molecule has 6 heteroatoms. The fourth-order valence-corrected chi connectivity index (χ4v) is 2.78. The van der Waals surface area contributed by atoms with Crippen molar-refractivity contribution in [2.75, 3.05) is 45.3 Å². The van der Waals surface area contributed by atoms with E-state index in [-0.39, 0.29) is 0 Å². The summed E-state index contributed by atoms with van der Waals surface area (Å²) in [7, 11) is 1.78. The molecule has 3 N–H and O–H groups in total. The Kier molecular flexibility index (Phi) is 10.5. The van der Waals surface area contributed by atoms with Crippen LogP contribution in [0.1, 0.15) is 24.5 Å². The number of nitrogens with zero attached hydrogens (tertiary/aromatic N) is 1. The van der Waals surface area contributed by atoms with Crippen molar-refractivity contribution >= 4 is 11.6 Å². The number of hydrogen-bond donors (Lipinski definition) is 3. The minimum Gasteiger partial charge on any atom is -0.491 e. The van der Waals surface area contributed by atoms with Crippen molar-refractivity contribution in [1.82, 2.24) is 10.6 Å². The predicted molar refractivity (Wildman–Crippen MR) is 121 cm³/mol. The lowest BCUT2D eigenvalue weighted by atomic mass is 10.1. The van der Waals surface area contributed by atoms with Gasteiger partial charge in [0.25, 0.3) is 0 Å². The summed E-state index contributed by atoms with van der Waals surface area (Å²) in [6.45, 7) is 8.29. The van der Waals surface area contributed by atoms with Crippen LogP contribution in [0.4, 0.5) is 5.69 Å². The Labute approximate surface area is 174 Å². The van der Waals surface area contributed by atoms with Crippen molar-refractivity contribution in [3.05, 3.63) is 59.7 Å². The molecule has 0 bridgehead atoms. The summed E-state index contributed by atoms with van der Waals surface area (Å²) in [4.78, 5) is 4.31. The highest BCUT2D eigenvalue weighted by Gasteiger charge is 2.06. The molecule has 0 aromatic heterocycles. The minimum atomic E-state index is 0.547. The van der Waals surface area contributed by atoms with Crippen LogP contribution in [0.25, 0.3) is 0 Å². The van der Waals surface area contributed by atoms with Gasteiger partial charge in [0.05, 0.1) is 6.61 Å². The van der Waals surface area contributed by atoms with Gasteiger partial charge in [-0.05, 0) is 44.0 Å². The number of rotatable bonds is 12. The second-order valence-corrected chi connectivity index (χ2v) is 6.66. The van der Waals surface area contributed by atoms with E-state index in [1.54, 1.807) is 7.05 Å². The maximum atomic E-state index is 5.91. The molecule has 2 aromatic rings. The topological polar surface area (TPSA) is 66.9 Å². The van der Waals surface area contributed by atoms with E-state index in [0.29, 0.717) is 26.4 Å². The average molecular weight is 399 g/mol. The molecule has 0 aliphatic heterocycles. The second kappa shape index (κ2) is 13.4. The molecule has 6 nitrogen and oxygen atoms in total. The number of aryl methyl sites for hydroxylation is 1. The van der Waals surface area contributed by atoms with E-state index in [0.717, 1.165) is 42.5 Å². The Morgan fingerprint density at radius 3 is 2.59 bits per heavy atom. The van der Waals surface area contributed by atoms with Crippen LogP contribution >= 0.6 is 0 Å². The van der Waals surface area contributed by atoms with Crippen LogP contribution in [0, 0.1) is 6.92 Å². The van der Waals surface area contributed by atoms with Crippen LogP contribution in [-0.2, 0) is 11.3 Å². The number of hydrogen-bond acceptors (Lipinski definition) is 4. The molecule has 0 atom stereocenters. The predicted octanol–water partition coefficient (Wildman–Crippen LogP) is 3.58. The molecule has 0 fully saturated rings. The normalized spacial score (nSPS) is 11.2. The molecular weight excluding hydrogens is 364 g/mol. The van der Waals surface area contributed by atoms with Gasteiger partial charge in [-0.2, -0.15) is 0 Å². The van der Waals surface area contributed by atoms with Crippen LogP contribution in [0.5, 0.6) is 5.75 Å². The van der Waals surface area contributed by atoms with E-state index < -0.39 is 0 Å². The number of anilines is 1. The van der Waals surface area contributed by atoms with Crippen LogP contribution in [0.15, 0.2) is 53.5 Å². The van der Waals surface area contributed by atoms with E-state index in [2.05, 4.69) is 58.2 Å². The zero-order valence-electron chi connectivity index (χ0n) is 17.8. The molecule has 0 unspecified atom stereocenters. The molecule has 29 heavy (non-hydrogen) atoms. The van der Waals surface area contributed by atoms with Gasteiger partial charge in [-0.15, -0.1) is 0 Å². The molecule has 0 aliphatic carbocycles. The summed E-state index contributed by atoms with van der Waals surface area (Å²) in [5.41, 5.74) is 3.42. The molecule has 0 saturated heterocycles. The highest BCUT2D eigenvalue weighted by molar-refractivity contribution is 5.79. The summed E-state index contributed by atoms with van der Waals surface area (Å²) in [6, 6.07) is 16.5. The molecule has 158 valence electrons. The molecule has 0 amide bonds. The zero-order valence-corrected chi connectivity index (χ0v) is 17.8. The lowest BCUT2D eigenvalue weighted by Crippen LogP contribution is -2.37. The van der Waals surface area contributed by atoms with E-state index in [9.17, 15) is 0 Å². The number of nitrogens with one attached hydrogen (secondary N) is 3. The number of benzene rings is 2. The maximum Gasteiger partial charge on any atom is 0.191 e. The van der Waals surface area contributed by atoms with E-state index in [4.69, 9.17) is 9.47 Å². The van der Waals surface area contributed by atoms with Gasteiger partial charge in [-0.25, -0.2) is 0 Å². The highest BCUT2D eigenvalue weighted by atomic mass is 16.5. The number of ether oxygens (including phenoxy) is 2. The van der Waals surface area contributed by atoms with Crippen molar-refractivity contribution < 1.29 is 9.47 Å². The molecule has 2 aromatic carbocycles. The Bertz CT molecular complexity index is 735. The quantitative estimate of drug-likeness (QED) is 0.290. The summed E-state index contributed by atoms with van der Waals surface area (Å²) < 4.78 is 11.3.